The van der Waals surface area contributed by atoms with E-state index < -0.39 is 0 Å². The van der Waals surface area contributed by atoms with Crippen LogP contribution in [0.4, 0.5) is 0 Å². The molecule has 0 unspecified atom stereocenters. The molecule has 2 aliphatic rings. The maximum atomic E-state index is 13.2. The predicted molar refractivity (Wildman–Crippen MR) is 115 cm³/mol. The van der Waals surface area contributed by atoms with Crippen LogP contribution in [-0.4, -0.2) is 90.8 Å². The van der Waals surface area contributed by atoms with Crippen molar-refractivity contribution in [1.82, 2.24) is 14.7 Å². The first kappa shape index (κ1) is 22.1. The second-order valence-electron chi connectivity index (χ2n) is 8.77. The molecule has 0 bridgehead atoms. The number of rotatable bonds is 7. The molecule has 3 rings (SSSR count). The number of likely N-dealkylation sites (tertiary alicyclic amines) is 1. The number of aliphatic hydroxyl groups excluding tert-OH is 1. The van der Waals surface area contributed by atoms with E-state index in [0.29, 0.717) is 17.5 Å². The smallest absolute Gasteiger partial charge is 0.253 e. The monoisotopic (exact) mass is 403 g/mol. The molecule has 6 nitrogen and oxygen atoms in total. The number of likely N-dealkylation sites (N-methyl/N-ethyl adjacent to an activating group) is 1. The molecule has 0 spiro atoms. The van der Waals surface area contributed by atoms with Crippen molar-refractivity contribution < 1.29 is 14.6 Å². The van der Waals surface area contributed by atoms with E-state index in [1.807, 2.05) is 43.0 Å². The van der Waals surface area contributed by atoms with Gasteiger partial charge in [-0.15, -0.1) is 0 Å². The van der Waals surface area contributed by atoms with Crippen LogP contribution in [-0.2, 0) is 0 Å². The molecule has 2 aliphatic heterocycles. The number of carbonyl (C=O) groups excluding carboxylic acids is 1. The lowest BCUT2D eigenvalue weighted by molar-refractivity contribution is 0.0217. The summed E-state index contributed by atoms with van der Waals surface area (Å²) >= 11 is 0. The summed E-state index contributed by atoms with van der Waals surface area (Å²) in [6.07, 6.45) is 2.86. The number of hydrogen-bond acceptors (Lipinski definition) is 5. The number of hydrogen-bond donors (Lipinski definition) is 1. The van der Waals surface area contributed by atoms with Gasteiger partial charge in [-0.25, -0.2) is 0 Å². The summed E-state index contributed by atoms with van der Waals surface area (Å²) < 4.78 is 5.76. The fraction of sp³-hybridized carbons (Fsp3) is 0.696. The SMILES string of the molecule is CC(C)Oc1cccc(C(=O)N2CC[C@@H](N3CCN(C)CC3)[C@@H](CCCO)C2)c1. The van der Waals surface area contributed by atoms with Gasteiger partial charge in [0.1, 0.15) is 5.75 Å². The molecule has 2 fully saturated rings. The van der Waals surface area contributed by atoms with E-state index in [1.54, 1.807) is 0 Å². The van der Waals surface area contributed by atoms with Gasteiger partial charge in [0.2, 0.25) is 0 Å². The van der Waals surface area contributed by atoms with Crippen LogP contribution < -0.4 is 4.74 Å². The molecule has 2 heterocycles. The number of ether oxygens (including phenoxy) is 1. The lowest BCUT2D eigenvalue weighted by Gasteiger charge is -2.46. The molecule has 2 atom stereocenters. The van der Waals surface area contributed by atoms with E-state index in [-0.39, 0.29) is 18.6 Å². The molecular weight excluding hydrogens is 366 g/mol. The fourth-order valence-corrected chi connectivity index (χ4v) is 4.63. The first-order valence-corrected chi connectivity index (χ1v) is 11.1. The highest BCUT2D eigenvalue weighted by Crippen LogP contribution is 2.28. The maximum Gasteiger partial charge on any atom is 0.253 e. The summed E-state index contributed by atoms with van der Waals surface area (Å²) in [6, 6.07) is 8.04. The molecule has 29 heavy (non-hydrogen) atoms. The van der Waals surface area contributed by atoms with Crippen LogP contribution in [0.3, 0.4) is 0 Å². The zero-order chi connectivity index (χ0) is 20.8. The molecule has 2 saturated heterocycles. The Bertz CT molecular complexity index is 659. The van der Waals surface area contributed by atoms with Gasteiger partial charge < -0.3 is 19.6 Å². The van der Waals surface area contributed by atoms with Gasteiger partial charge in [0.15, 0.2) is 0 Å². The number of piperidine rings is 1. The first-order valence-electron chi connectivity index (χ1n) is 11.1. The predicted octanol–water partition coefficient (Wildman–Crippen LogP) is 2.32. The van der Waals surface area contributed by atoms with Gasteiger partial charge in [-0.1, -0.05) is 6.07 Å². The van der Waals surface area contributed by atoms with Crippen LogP contribution in [0.25, 0.3) is 0 Å². The summed E-state index contributed by atoms with van der Waals surface area (Å²) in [4.78, 5) is 20.2. The Hall–Kier alpha value is -1.63. The van der Waals surface area contributed by atoms with Gasteiger partial charge in [0, 0.05) is 57.5 Å². The maximum absolute atomic E-state index is 13.2. The molecule has 0 radical (unpaired) electrons. The van der Waals surface area contributed by atoms with E-state index in [1.165, 1.54) is 0 Å². The zero-order valence-electron chi connectivity index (χ0n) is 18.2. The minimum Gasteiger partial charge on any atom is -0.491 e. The van der Waals surface area contributed by atoms with Crippen molar-refractivity contribution in [3.63, 3.8) is 0 Å². The van der Waals surface area contributed by atoms with Crippen LogP contribution in [0.15, 0.2) is 24.3 Å². The number of amides is 1. The van der Waals surface area contributed by atoms with Gasteiger partial charge in [-0.3, -0.25) is 9.69 Å². The van der Waals surface area contributed by atoms with Crippen molar-refractivity contribution in [2.24, 2.45) is 5.92 Å². The van der Waals surface area contributed by atoms with E-state index >= 15 is 0 Å². The quantitative estimate of drug-likeness (QED) is 0.757. The van der Waals surface area contributed by atoms with E-state index in [0.717, 1.165) is 64.3 Å². The molecule has 0 aliphatic carbocycles. The van der Waals surface area contributed by atoms with E-state index in [2.05, 4.69) is 16.8 Å². The minimum atomic E-state index is 0.0857. The van der Waals surface area contributed by atoms with Crippen LogP contribution >= 0.6 is 0 Å². The van der Waals surface area contributed by atoms with Gasteiger partial charge in [0.25, 0.3) is 5.91 Å². The molecule has 0 saturated carbocycles. The zero-order valence-corrected chi connectivity index (χ0v) is 18.2. The van der Waals surface area contributed by atoms with E-state index in [4.69, 9.17) is 4.74 Å². The van der Waals surface area contributed by atoms with Crippen LogP contribution in [0.5, 0.6) is 5.75 Å². The molecule has 162 valence electrons. The van der Waals surface area contributed by atoms with Gasteiger partial charge in [-0.2, -0.15) is 0 Å². The Morgan fingerprint density at radius 2 is 1.97 bits per heavy atom. The summed E-state index contributed by atoms with van der Waals surface area (Å²) in [7, 11) is 2.18. The van der Waals surface area contributed by atoms with Crippen molar-refractivity contribution in [3.8, 4) is 5.75 Å². The molecule has 1 amide bonds. The normalized spacial score (nSPS) is 24.1. The summed E-state index contributed by atoms with van der Waals surface area (Å²) in [6.45, 7) is 10.2. The van der Waals surface area contributed by atoms with Crippen molar-refractivity contribution in [2.45, 2.75) is 45.3 Å². The Balaban J connectivity index is 1.67. The summed E-state index contributed by atoms with van der Waals surface area (Å²) in [5.41, 5.74) is 0.696. The van der Waals surface area contributed by atoms with Crippen LogP contribution in [0.1, 0.15) is 43.5 Å². The third-order valence-electron chi connectivity index (χ3n) is 6.17. The third-order valence-corrected chi connectivity index (χ3v) is 6.17. The minimum absolute atomic E-state index is 0.0857. The lowest BCUT2D eigenvalue weighted by Crippen LogP contribution is -2.56. The van der Waals surface area contributed by atoms with Gasteiger partial charge in [0.05, 0.1) is 6.10 Å². The molecular formula is C23H37N3O3. The number of carbonyl (C=O) groups is 1. The largest absolute Gasteiger partial charge is 0.491 e. The average Bonchev–Trinajstić information content (AvgIpc) is 2.72. The highest BCUT2D eigenvalue weighted by Gasteiger charge is 2.35. The third kappa shape index (κ3) is 5.93. The van der Waals surface area contributed by atoms with Crippen LogP contribution in [0, 0.1) is 5.92 Å². The van der Waals surface area contributed by atoms with Crippen molar-refractivity contribution >= 4 is 5.91 Å². The molecule has 0 aromatic heterocycles. The number of nitrogens with zero attached hydrogens (tertiary/aromatic N) is 3. The van der Waals surface area contributed by atoms with Crippen molar-refractivity contribution in [3.05, 3.63) is 29.8 Å². The highest BCUT2D eigenvalue weighted by atomic mass is 16.5. The Morgan fingerprint density at radius 3 is 2.66 bits per heavy atom. The van der Waals surface area contributed by atoms with Gasteiger partial charge in [-0.05, 0) is 64.3 Å². The molecule has 1 aromatic carbocycles. The summed E-state index contributed by atoms with van der Waals surface area (Å²) in [5.74, 6) is 1.25. The van der Waals surface area contributed by atoms with E-state index in [9.17, 15) is 9.90 Å². The second-order valence-corrected chi connectivity index (χ2v) is 8.77. The molecule has 1 N–H and O–H groups in total. The topological polar surface area (TPSA) is 56.2 Å². The molecule has 1 aromatic rings. The fourth-order valence-electron chi connectivity index (χ4n) is 4.63. The summed E-state index contributed by atoms with van der Waals surface area (Å²) in [5, 5.41) is 9.37. The first-order chi connectivity index (χ1) is 14.0. The number of aliphatic hydroxyl groups is 1. The lowest BCUT2D eigenvalue weighted by atomic mass is 9.86. The number of benzene rings is 1. The molecule has 6 heteroatoms. The number of piperazine rings is 1. The van der Waals surface area contributed by atoms with Gasteiger partial charge >= 0.3 is 0 Å². The highest BCUT2D eigenvalue weighted by molar-refractivity contribution is 5.94. The Kier molecular flexibility index (Phi) is 7.92. The second kappa shape index (κ2) is 10.4. The van der Waals surface area contributed by atoms with Crippen LogP contribution in [0.2, 0.25) is 0 Å². The Labute approximate surface area is 175 Å². The van der Waals surface area contributed by atoms with Crippen molar-refractivity contribution in [1.29, 1.82) is 0 Å². The average molecular weight is 404 g/mol. The van der Waals surface area contributed by atoms with Crippen molar-refractivity contribution in [2.75, 3.05) is 52.9 Å². The standard InChI is InChI=1S/C23H37N3O3/c1-18(2)29-21-8-4-6-19(16-21)23(28)26-10-9-22(20(17-26)7-5-15-27)25-13-11-24(3)12-14-25/h4,6,8,16,18,20,22,27H,5,7,9-15,17H2,1-3H3/t20-,22+/m0/s1. The Morgan fingerprint density at radius 1 is 1.21 bits per heavy atom.